The Labute approximate surface area is 110 Å². The zero-order valence-corrected chi connectivity index (χ0v) is 10.1. The number of halogens is 3. The normalized spacial score (nSPS) is 16.6. The van der Waals surface area contributed by atoms with E-state index in [2.05, 4.69) is 20.4 Å². The molecule has 0 aliphatic carbocycles. The number of carbonyl (C=O) groups excluding carboxylic acids is 1. The standard InChI is InChI=1S/C10H9F3N6O/c11-10(12,13)6-3-8(18-2-1-14-7(20)4-18)19-9(17-6)15-5-16-19/h3,5H,1-2,4H2,(H,14,20). The second-order valence-electron chi connectivity index (χ2n) is 4.24. The molecule has 2 aromatic heterocycles. The molecule has 1 amide bonds. The summed E-state index contributed by atoms with van der Waals surface area (Å²) < 4.78 is 39.7. The summed E-state index contributed by atoms with van der Waals surface area (Å²) in [4.78, 5) is 20.0. The largest absolute Gasteiger partial charge is 0.433 e. The highest BCUT2D eigenvalue weighted by atomic mass is 19.4. The lowest BCUT2D eigenvalue weighted by Crippen LogP contribution is -2.48. The van der Waals surface area contributed by atoms with Gasteiger partial charge in [-0.15, -0.1) is 0 Å². The SMILES string of the molecule is O=C1CN(c2cc(C(F)(F)F)nc3ncnn23)CCN1. The van der Waals surface area contributed by atoms with E-state index >= 15 is 0 Å². The van der Waals surface area contributed by atoms with Crippen LogP contribution in [-0.4, -0.2) is 45.1 Å². The van der Waals surface area contributed by atoms with Gasteiger partial charge in [-0.25, -0.2) is 4.98 Å². The zero-order valence-electron chi connectivity index (χ0n) is 10.1. The van der Waals surface area contributed by atoms with Crippen molar-refractivity contribution < 1.29 is 18.0 Å². The van der Waals surface area contributed by atoms with Crippen LogP contribution in [0.4, 0.5) is 19.0 Å². The number of amides is 1. The topological polar surface area (TPSA) is 75.4 Å². The molecule has 3 heterocycles. The number of hydrogen-bond acceptors (Lipinski definition) is 5. The van der Waals surface area contributed by atoms with Crippen molar-refractivity contribution in [3.63, 3.8) is 0 Å². The molecule has 106 valence electrons. The van der Waals surface area contributed by atoms with Gasteiger partial charge in [-0.1, -0.05) is 0 Å². The molecule has 2 aromatic rings. The van der Waals surface area contributed by atoms with E-state index in [9.17, 15) is 18.0 Å². The van der Waals surface area contributed by atoms with Crippen LogP contribution in [0.2, 0.25) is 0 Å². The van der Waals surface area contributed by atoms with Gasteiger partial charge in [-0.2, -0.15) is 27.8 Å². The lowest BCUT2D eigenvalue weighted by Gasteiger charge is -2.28. The van der Waals surface area contributed by atoms with Crippen LogP contribution in [0.5, 0.6) is 0 Å². The number of piperazine rings is 1. The fourth-order valence-corrected chi connectivity index (χ4v) is 2.00. The van der Waals surface area contributed by atoms with Gasteiger partial charge < -0.3 is 10.2 Å². The van der Waals surface area contributed by atoms with Crippen LogP contribution in [0.25, 0.3) is 5.78 Å². The van der Waals surface area contributed by atoms with Gasteiger partial charge in [0.15, 0.2) is 5.69 Å². The zero-order chi connectivity index (χ0) is 14.3. The molecule has 1 fully saturated rings. The summed E-state index contributed by atoms with van der Waals surface area (Å²) in [6.07, 6.45) is -3.46. The fraction of sp³-hybridized carbons (Fsp3) is 0.400. The molecule has 20 heavy (non-hydrogen) atoms. The van der Waals surface area contributed by atoms with Crippen LogP contribution in [-0.2, 0) is 11.0 Å². The van der Waals surface area contributed by atoms with Crippen LogP contribution >= 0.6 is 0 Å². The van der Waals surface area contributed by atoms with Crippen molar-refractivity contribution >= 4 is 17.5 Å². The molecule has 0 bridgehead atoms. The summed E-state index contributed by atoms with van der Waals surface area (Å²) in [6, 6.07) is 0.875. The minimum atomic E-state index is -4.58. The molecule has 0 spiro atoms. The third-order valence-electron chi connectivity index (χ3n) is 2.89. The highest BCUT2D eigenvalue weighted by molar-refractivity contribution is 5.82. The van der Waals surface area contributed by atoms with Crippen molar-refractivity contribution in [2.24, 2.45) is 0 Å². The lowest BCUT2D eigenvalue weighted by atomic mass is 10.3. The Balaban J connectivity index is 2.12. The molecule has 0 unspecified atom stereocenters. The first-order chi connectivity index (χ1) is 9.45. The van der Waals surface area contributed by atoms with E-state index < -0.39 is 11.9 Å². The van der Waals surface area contributed by atoms with Crippen molar-refractivity contribution in [2.45, 2.75) is 6.18 Å². The van der Waals surface area contributed by atoms with Crippen LogP contribution in [0.15, 0.2) is 12.4 Å². The Hall–Kier alpha value is -2.39. The van der Waals surface area contributed by atoms with Crippen molar-refractivity contribution in [2.75, 3.05) is 24.5 Å². The Bertz CT molecular complexity index is 667. The molecular weight excluding hydrogens is 277 g/mol. The molecule has 1 saturated heterocycles. The molecule has 1 aliphatic heterocycles. The van der Waals surface area contributed by atoms with Gasteiger partial charge in [0.1, 0.15) is 12.1 Å². The monoisotopic (exact) mass is 286 g/mol. The number of nitrogens with one attached hydrogen (secondary N) is 1. The maximum atomic E-state index is 12.8. The summed E-state index contributed by atoms with van der Waals surface area (Å²) >= 11 is 0. The average Bonchev–Trinajstić information content (AvgIpc) is 2.84. The van der Waals surface area contributed by atoms with E-state index in [4.69, 9.17) is 0 Å². The second kappa shape index (κ2) is 4.32. The first-order valence-electron chi connectivity index (χ1n) is 5.75. The third kappa shape index (κ3) is 2.12. The van der Waals surface area contributed by atoms with Gasteiger partial charge in [0, 0.05) is 19.2 Å². The number of fused-ring (bicyclic) bond motifs is 1. The van der Waals surface area contributed by atoms with Crippen molar-refractivity contribution in [3.8, 4) is 0 Å². The van der Waals surface area contributed by atoms with E-state index in [1.807, 2.05) is 0 Å². The van der Waals surface area contributed by atoms with E-state index in [0.717, 1.165) is 12.4 Å². The second-order valence-corrected chi connectivity index (χ2v) is 4.24. The molecular formula is C10H9F3N6O. The van der Waals surface area contributed by atoms with E-state index in [1.54, 1.807) is 0 Å². The van der Waals surface area contributed by atoms with Crippen LogP contribution in [0.1, 0.15) is 5.69 Å². The predicted molar refractivity (Wildman–Crippen MR) is 61.0 cm³/mol. The Morgan fingerprint density at radius 3 is 2.85 bits per heavy atom. The van der Waals surface area contributed by atoms with E-state index in [0.29, 0.717) is 13.1 Å². The van der Waals surface area contributed by atoms with Crippen LogP contribution < -0.4 is 10.2 Å². The highest BCUT2D eigenvalue weighted by Crippen LogP contribution is 2.30. The molecule has 3 rings (SSSR count). The third-order valence-corrected chi connectivity index (χ3v) is 2.89. The van der Waals surface area contributed by atoms with Gasteiger partial charge in [-0.05, 0) is 0 Å². The first kappa shape index (κ1) is 12.6. The van der Waals surface area contributed by atoms with Crippen LogP contribution in [0, 0.1) is 0 Å². The summed E-state index contributed by atoms with van der Waals surface area (Å²) in [5.74, 6) is -0.259. The maximum Gasteiger partial charge on any atom is 0.433 e. The molecule has 0 atom stereocenters. The quantitative estimate of drug-likeness (QED) is 0.803. The minimum Gasteiger partial charge on any atom is -0.353 e. The summed E-state index contributed by atoms with van der Waals surface area (Å²) in [5, 5.41) is 6.45. The van der Waals surface area contributed by atoms with E-state index in [1.165, 1.54) is 9.42 Å². The Kier molecular flexibility index (Phi) is 2.73. The Morgan fingerprint density at radius 2 is 2.15 bits per heavy atom. The molecule has 0 aromatic carbocycles. The number of aromatic nitrogens is 4. The maximum absolute atomic E-state index is 12.8. The van der Waals surface area contributed by atoms with Crippen molar-refractivity contribution in [1.82, 2.24) is 24.9 Å². The molecule has 1 N–H and O–H groups in total. The number of hydrogen-bond donors (Lipinski definition) is 1. The minimum absolute atomic E-state index is 0.0315. The van der Waals surface area contributed by atoms with Crippen LogP contribution in [0.3, 0.4) is 0 Å². The smallest absolute Gasteiger partial charge is 0.353 e. The number of rotatable bonds is 1. The van der Waals surface area contributed by atoms with Gasteiger partial charge in [0.05, 0.1) is 6.54 Å². The molecule has 1 aliphatic rings. The first-order valence-corrected chi connectivity index (χ1v) is 5.75. The summed E-state index contributed by atoms with van der Waals surface area (Å²) in [5.41, 5.74) is -1.06. The van der Waals surface area contributed by atoms with E-state index in [-0.39, 0.29) is 24.0 Å². The van der Waals surface area contributed by atoms with Gasteiger partial charge in [-0.3, -0.25) is 4.79 Å². The number of alkyl halides is 3. The Morgan fingerprint density at radius 1 is 1.35 bits per heavy atom. The summed E-state index contributed by atoms with van der Waals surface area (Å²) in [7, 11) is 0. The lowest BCUT2D eigenvalue weighted by molar-refractivity contribution is -0.141. The molecule has 0 radical (unpaired) electrons. The highest BCUT2D eigenvalue weighted by Gasteiger charge is 2.35. The average molecular weight is 286 g/mol. The van der Waals surface area contributed by atoms with Gasteiger partial charge >= 0.3 is 6.18 Å². The van der Waals surface area contributed by atoms with Crippen molar-refractivity contribution in [3.05, 3.63) is 18.1 Å². The molecule has 0 saturated carbocycles. The van der Waals surface area contributed by atoms with Gasteiger partial charge in [0.2, 0.25) is 5.91 Å². The summed E-state index contributed by atoms with van der Waals surface area (Å²) in [6.45, 7) is 0.719. The van der Waals surface area contributed by atoms with Gasteiger partial charge in [0.25, 0.3) is 5.78 Å². The van der Waals surface area contributed by atoms with Crippen molar-refractivity contribution in [1.29, 1.82) is 0 Å². The number of nitrogens with zero attached hydrogens (tertiary/aromatic N) is 5. The fourth-order valence-electron chi connectivity index (χ4n) is 2.00. The molecule has 7 nitrogen and oxygen atoms in total. The predicted octanol–water partition coefficient (Wildman–Crippen LogP) is 0.0793. The number of anilines is 1. The molecule has 10 heteroatoms. The number of carbonyl (C=O) groups is 1.